The van der Waals surface area contributed by atoms with Crippen molar-refractivity contribution in [2.45, 2.75) is 0 Å². The molecule has 8 rings (SSSR count). The molecule has 0 saturated heterocycles. The maximum absolute atomic E-state index is 2.47. The highest BCUT2D eigenvalue weighted by Gasteiger charge is 2.21. The van der Waals surface area contributed by atoms with E-state index < -0.39 is 0 Å². The van der Waals surface area contributed by atoms with Crippen molar-refractivity contribution in [2.24, 2.45) is 0 Å². The summed E-state index contributed by atoms with van der Waals surface area (Å²) >= 11 is 0. The van der Waals surface area contributed by atoms with Crippen molar-refractivity contribution in [3.8, 4) is 16.9 Å². The fourth-order valence-electron chi connectivity index (χ4n) is 6.05. The van der Waals surface area contributed by atoms with Gasteiger partial charge in [-0.15, -0.1) is 0 Å². The second kappa shape index (κ2) is 6.94. The van der Waals surface area contributed by atoms with E-state index in [2.05, 4.69) is 132 Å². The highest BCUT2D eigenvalue weighted by Crippen LogP contribution is 2.45. The topological polar surface area (TPSA) is 4.93 Å². The molecule has 0 aliphatic heterocycles. The Balaban J connectivity index is 1.67. The van der Waals surface area contributed by atoms with Gasteiger partial charge in [0.25, 0.3) is 0 Å². The molecule has 0 aliphatic rings. The molecular formula is C34H21N. The van der Waals surface area contributed by atoms with Crippen LogP contribution in [-0.4, -0.2) is 4.57 Å². The fourth-order valence-corrected chi connectivity index (χ4v) is 6.05. The normalized spacial score (nSPS) is 12.0. The molecule has 1 nitrogen and oxygen atoms in total. The van der Waals surface area contributed by atoms with E-state index in [1.807, 2.05) is 0 Å². The van der Waals surface area contributed by atoms with E-state index in [1.165, 1.54) is 70.9 Å². The second-order valence-corrected chi connectivity index (χ2v) is 9.36. The van der Waals surface area contributed by atoms with Crippen LogP contribution in [0.3, 0.4) is 0 Å². The van der Waals surface area contributed by atoms with Gasteiger partial charge in [-0.05, 0) is 55.9 Å². The molecule has 0 aliphatic carbocycles. The number of aromatic nitrogens is 1. The molecule has 0 amide bonds. The first-order valence-corrected chi connectivity index (χ1v) is 12.1. The van der Waals surface area contributed by atoms with Gasteiger partial charge in [-0.25, -0.2) is 0 Å². The van der Waals surface area contributed by atoms with E-state index in [0.717, 1.165) is 0 Å². The SMILES string of the molecule is c1ccc(-n2c(-c3cccc4ccccc34)cc3c4cccc5ccc6cccc(c6c54)c32)cc1. The summed E-state index contributed by atoms with van der Waals surface area (Å²) in [6.07, 6.45) is 0. The molecule has 0 spiro atoms. The van der Waals surface area contributed by atoms with E-state index in [9.17, 15) is 0 Å². The standard InChI is InChI=1S/C34H21N/c1-2-13-25(14-3-1)35-31(27-16-6-10-22-9-4-5-15-26(22)27)21-30-28-17-7-11-23-19-20-24-12-8-18-29(34(30)35)33(24)32(23)28/h1-21H. The third-order valence-corrected chi connectivity index (χ3v) is 7.51. The Morgan fingerprint density at radius 2 is 1.00 bits per heavy atom. The van der Waals surface area contributed by atoms with Crippen molar-refractivity contribution >= 4 is 54.0 Å². The van der Waals surface area contributed by atoms with Gasteiger partial charge in [0, 0.05) is 22.0 Å². The van der Waals surface area contributed by atoms with Crippen molar-refractivity contribution in [1.82, 2.24) is 4.57 Å². The lowest BCUT2D eigenvalue weighted by atomic mass is 9.92. The highest BCUT2D eigenvalue weighted by atomic mass is 15.0. The Morgan fingerprint density at radius 3 is 1.83 bits per heavy atom. The maximum atomic E-state index is 2.47. The fraction of sp³-hybridized carbons (Fsp3) is 0. The molecule has 1 heterocycles. The van der Waals surface area contributed by atoms with Gasteiger partial charge in [0.05, 0.1) is 11.2 Å². The van der Waals surface area contributed by atoms with Gasteiger partial charge in [-0.1, -0.05) is 109 Å². The maximum Gasteiger partial charge on any atom is 0.0620 e. The average Bonchev–Trinajstić information content (AvgIpc) is 3.33. The van der Waals surface area contributed by atoms with Crippen LogP contribution in [0.1, 0.15) is 0 Å². The summed E-state index contributed by atoms with van der Waals surface area (Å²) in [6.45, 7) is 0. The second-order valence-electron chi connectivity index (χ2n) is 9.36. The summed E-state index contributed by atoms with van der Waals surface area (Å²) in [5.74, 6) is 0. The van der Waals surface area contributed by atoms with Crippen LogP contribution in [0.15, 0.2) is 127 Å². The Hall–Kier alpha value is -4.62. The van der Waals surface area contributed by atoms with Crippen LogP contribution in [-0.2, 0) is 0 Å². The van der Waals surface area contributed by atoms with Gasteiger partial charge in [0.2, 0.25) is 0 Å². The first-order chi connectivity index (χ1) is 17.4. The minimum atomic E-state index is 1.18. The average molecular weight is 444 g/mol. The van der Waals surface area contributed by atoms with E-state index >= 15 is 0 Å². The quantitative estimate of drug-likeness (QED) is 0.235. The Morgan fingerprint density at radius 1 is 0.400 bits per heavy atom. The number of hydrogen-bond acceptors (Lipinski definition) is 0. The lowest BCUT2D eigenvalue weighted by Crippen LogP contribution is -1.98. The molecule has 0 saturated carbocycles. The van der Waals surface area contributed by atoms with Gasteiger partial charge in [-0.2, -0.15) is 0 Å². The van der Waals surface area contributed by atoms with Crippen LogP contribution in [0, 0.1) is 0 Å². The van der Waals surface area contributed by atoms with Crippen molar-refractivity contribution in [2.75, 3.05) is 0 Å². The predicted molar refractivity (Wildman–Crippen MR) is 150 cm³/mol. The van der Waals surface area contributed by atoms with Crippen LogP contribution in [0.5, 0.6) is 0 Å². The molecule has 0 atom stereocenters. The van der Waals surface area contributed by atoms with Crippen LogP contribution in [0.25, 0.3) is 70.9 Å². The molecule has 0 N–H and O–H groups in total. The molecule has 0 unspecified atom stereocenters. The number of nitrogens with zero attached hydrogens (tertiary/aromatic N) is 1. The molecule has 7 aromatic carbocycles. The molecule has 1 heteroatoms. The number of rotatable bonds is 2. The Kier molecular flexibility index (Phi) is 3.72. The van der Waals surface area contributed by atoms with Gasteiger partial charge in [-0.3, -0.25) is 0 Å². The zero-order valence-electron chi connectivity index (χ0n) is 19.1. The summed E-state index contributed by atoms with van der Waals surface area (Å²) in [4.78, 5) is 0. The lowest BCUT2D eigenvalue weighted by Gasteiger charge is -2.16. The van der Waals surface area contributed by atoms with Crippen molar-refractivity contribution < 1.29 is 0 Å². The van der Waals surface area contributed by atoms with Crippen molar-refractivity contribution in [1.29, 1.82) is 0 Å². The third-order valence-electron chi connectivity index (χ3n) is 7.51. The number of benzene rings is 7. The number of para-hydroxylation sites is 1. The van der Waals surface area contributed by atoms with Gasteiger partial charge in [0.1, 0.15) is 0 Å². The summed E-state index contributed by atoms with van der Waals surface area (Å²) < 4.78 is 2.47. The molecule has 0 fully saturated rings. The van der Waals surface area contributed by atoms with E-state index in [1.54, 1.807) is 0 Å². The molecule has 8 aromatic rings. The van der Waals surface area contributed by atoms with E-state index in [-0.39, 0.29) is 0 Å². The minimum absolute atomic E-state index is 1.18. The largest absolute Gasteiger partial charge is 0.309 e. The summed E-state index contributed by atoms with van der Waals surface area (Å²) in [6, 6.07) is 46.5. The van der Waals surface area contributed by atoms with Crippen LogP contribution < -0.4 is 0 Å². The first kappa shape index (κ1) is 18.8. The molecular weight excluding hydrogens is 422 g/mol. The Bertz CT molecular complexity index is 2040. The van der Waals surface area contributed by atoms with Crippen LogP contribution >= 0.6 is 0 Å². The monoisotopic (exact) mass is 443 g/mol. The van der Waals surface area contributed by atoms with Gasteiger partial charge in [0.15, 0.2) is 0 Å². The van der Waals surface area contributed by atoms with E-state index in [4.69, 9.17) is 0 Å². The zero-order chi connectivity index (χ0) is 22.9. The first-order valence-electron chi connectivity index (χ1n) is 12.1. The molecule has 0 radical (unpaired) electrons. The lowest BCUT2D eigenvalue weighted by molar-refractivity contribution is 1.14. The summed E-state index contributed by atoms with van der Waals surface area (Å²) in [5, 5.41) is 11.8. The number of hydrogen-bond donors (Lipinski definition) is 0. The molecule has 162 valence electrons. The number of fused-ring (bicyclic) bond motifs is 4. The van der Waals surface area contributed by atoms with Crippen molar-refractivity contribution in [3.63, 3.8) is 0 Å². The van der Waals surface area contributed by atoms with Crippen LogP contribution in [0.2, 0.25) is 0 Å². The summed E-state index contributed by atoms with van der Waals surface area (Å²) in [5.41, 5.74) is 4.93. The highest BCUT2D eigenvalue weighted by molar-refractivity contribution is 6.34. The van der Waals surface area contributed by atoms with Gasteiger partial charge < -0.3 is 4.57 Å². The van der Waals surface area contributed by atoms with Crippen molar-refractivity contribution in [3.05, 3.63) is 127 Å². The molecule has 0 bridgehead atoms. The van der Waals surface area contributed by atoms with E-state index in [0.29, 0.717) is 0 Å². The van der Waals surface area contributed by atoms with Gasteiger partial charge >= 0.3 is 0 Å². The molecule has 35 heavy (non-hydrogen) atoms. The minimum Gasteiger partial charge on any atom is -0.309 e. The third kappa shape index (κ3) is 2.53. The summed E-state index contributed by atoms with van der Waals surface area (Å²) in [7, 11) is 0. The molecule has 1 aromatic heterocycles. The Labute approximate surface area is 202 Å². The van der Waals surface area contributed by atoms with Crippen LogP contribution in [0.4, 0.5) is 0 Å². The zero-order valence-corrected chi connectivity index (χ0v) is 19.1. The predicted octanol–water partition coefficient (Wildman–Crippen LogP) is 9.35. The smallest absolute Gasteiger partial charge is 0.0620 e.